The van der Waals surface area contributed by atoms with Crippen LogP contribution in [-0.2, 0) is 6.42 Å². The average molecular weight is 318 g/mol. The van der Waals surface area contributed by atoms with Gasteiger partial charge in [-0.05, 0) is 41.4 Å². The second kappa shape index (κ2) is 5.02. The fourth-order valence-electron chi connectivity index (χ4n) is 1.49. The number of Topliss-reactive ketones (excluding diaryl/α,β-unsaturated/α-hetero) is 1. The van der Waals surface area contributed by atoms with Gasteiger partial charge in [0.1, 0.15) is 5.82 Å². The van der Waals surface area contributed by atoms with E-state index >= 15 is 0 Å². The molecule has 1 aromatic carbocycles. The quantitative estimate of drug-likeness (QED) is 0.792. The Morgan fingerprint density at radius 2 is 2.18 bits per heavy atom. The minimum absolute atomic E-state index is 0.0606. The highest BCUT2D eigenvalue weighted by Gasteiger charge is 2.14. The summed E-state index contributed by atoms with van der Waals surface area (Å²) < 4.78 is 18.5. The third kappa shape index (κ3) is 2.96. The van der Waals surface area contributed by atoms with E-state index in [1.54, 1.807) is 6.07 Å². The molecule has 1 aromatic heterocycles. The van der Waals surface area contributed by atoms with Crippen molar-refractivity contribution in [1.82, 2.24) is 0 Å². The predicted octanol–water partition coefficient (Wildman–Crippen LogP) is 4.26. The average Bonchev–Trinajstić information content (AvgIpc) is 2.62. The maximum Gasteiger partial charge on any atom is 0.203 e. The standard InChI is InChI=1S/C12H7BrClFO2/c13-8-3-7(4-9(15)6-8)5-11(16)10-1-2-17-12(10)14/h1-4,6H,5H2. The van der Waals surface area contributed by atoms with Crippen LogP contribution in [0.5, 0.6) is 0 Å². The monoisotopic (exact) mass is 316 g/mol. The van der Waals surface area contributed by atoms with Crippen LogP contribution in [-0.4, -0.2) is 5.78 Å². The topological polar surface area (TPSA) is 30.2 Å². The molecule has 0 saturated carbocycles. The SMILES string of the molecule is O=C(Cc1cc(F)cc(Br)c1)c1ccoc1Cl. The van der Waals surface area contributed by atoms with Crippen LogP contribution in [0.4, 0.5) is 4.39 Å². The molecule has 0 bridgehead atoms. The van der Waals surface area contributed by atoms with Gasteiger partial charge in [-0.2, -0.15) is 0 Å². The number of furan rings is 1. The van der Waals surface area contributed by atoms with Crippen molar-refractivity contribution in [1.29, 1.82) is 0 Å². The molecule has 0 amide bonds. The summed E-state index contributed by atoms with van der Waals surface area (Å²) >= 11 is 8.86. The lowest BCUT2D eigenvalue weighted by molar-refractivity contribution is 0.0992. The Balaban J connectivity index is 2.21. The zero-order valence-corrected chi connectivity index (χ0v) is 10.9. The van der Waals surface area contributed by atoms with E-state index < -0.39 is 0 Å². The van der Waals surface area contributed by atoms with E-state index in [1.165, 1.54) is 24.5 Å². The first kappa shape index (κ1) is 12.3. The Bertz CT molecular complexity index is 545. The summed E-state index contributed by atoms with van der Waals surface area (Å²) in [6, 6.07) is 5.84. The third-order valence-corrected chi connectivity index (χ3v) is 2.96. The minimum Gasteiger partial charge on any atom is -0.452 e. The normalized spacial score (nSPS) is 10.5. The second-order valence-corrected chi connectivity index (χ2v) is 4.74. The van der Waals surface area contributed by atoms with Gasteiger partial charge in [0, 0.05) is 10.9 Å². The highest BCUT2D eigenvalue weighted by molar-refractivity contribution is 9.10. The van der Waals surface area contributed by atoms with E-state index in [0.29, 0.717) is 15.6 Å². The fourth-order valence-corrected chi connectivity index (χ4v) is 2.22. The van der Waals surface area contributed by atoms with E-state index in [0.717, 1.165) is 0 Å². The number of hydrogen-bond donors (Lipinski definition) is 0. The van der Waals surface area contributed by atoms with Crippen LogP contribution >= 0.6 is 27.5 Å². The number of carbonyl (C=O) groups is 1. The third-order valence-electron chi connectivity index (χ3n) is 2.21. The molecule has 0 spiro atoms. The van der Waals surface area contributed by atoms with Crippen molar-refractivity contribution in [2.45, 2.75) is 6.42 Å². The maximum atomic E-state index is 13.1. The largest absolute Gasteiger partial charge is 0.452 e. The molecule has 0 unspecified atom stereocenters. The molecule has 0 aliphatic carbocycles. The molecule has 0 aliphatic rings. The van der Waals surface area contributed by atoms with Crippen LogP contribution in [0.1, 0.15) is 15.9 Å². The van der Waals surface area contributed by atoms with Crippen LogP contribution in [0.25, 0.3) is 0 Å². The van der Waals surface area contributed by atoms with Gasteiger partial charge in [-0.15, -0.1) is 0 Å². The Morgan fingerprint density at radius 1 is 1.41 bits per heavy atom. The Morgan fingerprint density at radius 3 is 2.76 bits per heavy atom. The summed E-state index contributed by atoms with van der Waals surface area (Å²) in [5.74, 6) is -0.596. The van der Waals surface area contributed by atoms with Gasteiger partial charge in [0.2, 0.25) is 5.22 Å². The van der Waals surface area contributed by atoms with Gasteiger partial charge in [0.15, 0.2) is 5.78 Å². The first-order valence-electron chi connectivity index (χ1n) is 4.77. The molecule has 88 valence electrons. The summed E-state index contributed by atoms with van der Waals surface area (Å²) in [5.41, 5.74) is 0.895. The van der Waals surface area contributed by atoms with E-state index in [2.05, 4.69) is 15.9 Å². The van der Waals surface area contributed by atoms with Crippen molar-refractivity contribution in [3.05, 3.63) is 57.2 Å². The zero-order chi connectivity index (χ0) is 12.4. The van der Waals surface area contributed by atoms with Crippen molar-refractivity contribution >= 4 is 33.3 Å². The molecule has 0 aliphatic heterocycles. The molecule has 0 radical (unpaired) electrons. The van der Waals surface area contributed by atoms with E-state index in [9.17, 15) is 9.18 Å². The Kier molecular flexibility index (Phi) is 3.64. The van der Waals surface area contributed by atoms with Gasteiger partial charge in [-0.1, -0.05) is 15.9 Å². The number of ketones is 1. The van der Waals surface area contributed by atoms with Crippen LogP contribution in [0.2, 0.25) is 5.22 Å². The molecule has 5 heteroatoms. The van der Waals surface area contributed by atoms with Gasteiger partial charge >= 0.3 is 0 Å². The summed E-state index contributed by atoms with van der Waals surface area (Å²) in [6.45, 7) is 0. The van der Waals surface area contributed by atoms with Crippen LogP contribution in [0.15, 0.2) is 39.4 Å². The van der Waals surface area contributed by atoms with Crippen molar-refractivity contribution in [2.24, 2.45) is 0 Å². The molecule has 2 aromatic rings. The molecule has 2 nitrogen and oxygen atoms in total. The summed E-state index contributed by atoms with van der Waals surface area (Å²) in [5, 5.41) is 0.0606. The highest BCUT2D eigenvalue weighted by Crippen LogP contribution is 2.21. The Hall–Kier alpha value is -1.13. The molecule has 0 saturated heterocycles. The molecular formula is C12H7BrClFO2. The first-order chi connectivity index (χ1) is 8.06. The van der Waals surface area contributed by atoms with Crippen molar-refractivity contribution < 1.29 is 13.6 Å². The zero-order valence-electron chi connectivity index (χ0n) is 8.54. The fraction of sp³-hybridized carbons (Fsp3) is 0.0833. The molecular weight excluding hydrogens is 310 g/mol. The minimum atomic E-state index is -0.388. The molecule has 17 heavy (non-hydrogen) atoms. The van der Waals surface area contributed by atoms with Crippen LogP contribution in [0, 0.1) is 5.82 Å². The molecule has 1 heterocycles. The number of benzene rings is 1. The lowest BCUT2D eigenvalue weighted by Crippen LogP contribution is -2.03. The number of hydrogen-bond acceptors (Lipinski definition) is 2. The van der Waals surface area contributed by atoms with E-state index in [1.807, 2.05) is 0 Å². The predicted molar refractivity (Wildman–Crippen MR) is 65.9 cm³/mol. The second-order valence-electron chi connectivity index (χ2n) is 3.49. The first-order valence-corrected chi connectivity index (χ1v) is 5.94. The summed E-state index contributed by atoms with van der Waals surface area (Å²) in [4.78, 5) is 11.8. The van der Waals surface area contributed by atoms with Crippen LogP contribution in [0.3, 0.4) is 0 Å². The van der Waals surface area contributed by atoms with Gasteiger partial charge in [-0.3, -0.25) is 4.79 Å². The Labute approximate surface area is 111 Å². The lowest BCUT2D eigenvalue weighted by atomic mass is 10.1. The molecule has 0 fully saturated rings. The van der Waals surface area contributed by atoms with Crippen LogP contribution < -0.4 is 0 Å². The molecule has 0 N–H and O–H groups in total. The van der Waals surface area contributed by atoms with E-state index in [-0.39, 0.29) is 23.2 Å². The van der Waals surface area contributed by atoms with Crippen molar-refractivity contribution in [3.8, 4) is 0 Å². The van der Waals surface area contributed by atoms with Crippen molar-refractivity contribution in [2.75, 3.05) is 0 Å². The molecule has 2 rings (SSSR count). The van der Waals surface area contributed by atoms with Crippen molar-refractivity contribution in [3.63, 3.8) is 0 Å². The highest BCUT2D eigenvalue weighted by atomic mass is 79.9. The van der Waals surface area contributed by atoms with Gasteiger partial charge in [0.05, 0.1) is 11.8 Å². The molecule has 0 atom stereocenters. The van der Waals surface area contributed by atoms with Gasteiger partial charge in [-0.25, -0.2) is 4.39 Å². The summed E-state index contributed by atoms with van der Waals surface area (Å²) in [6.07, 6.45) is 1.42. The number of carbonyl (C=O) groups excluding carboxylic acids is 1. The maximum absolute atomic E-state index is 13.1. The number of rotatable bonds is 3. The van der Waals surface area contributed by atoms with Gasteiger partial charge in [0.25, 0.3) is 0 Å². The number of halogens is 3. The smallest absolute Gasteiger partial charge is 0.203 e. The van der Waals surface area contributed by atoms with E-state index in [4.69, 9.17) is 16.0 Å². The lowest BCUT2D eigenvalue weighted by Gasteiger charge is -2.01. The summed E-state index contributed by atoms with van der Waals surface area (Å²) in [7, 11) is 0. The van der Waals surface area contributed by atoms with Gasteiger partial charge < -0.3 is 4.42 Å².